The van der Waals surface area contributed by atoms with Crippen LogP contribution in [0.1, 0.15) is 34.7 Å². The lowest BCUT2D eigenvalue weighted by atomic mass is 9.99. The molecule has 1 amide bonds. The van der Waals surface area contributed by atoms with E-state index >= 15 is 0 Å². The zero-order chi connectivity index (χ0) is 16.0. The molecule has 2 aromatic carbocycles. The van der Waals surface area contributed by atoms with Crippen LogP contribution in [0, 0.1) is 5.82 Å². The first-order valence-electron chi connectivity index (χ1n) is 7.72. The number of hydrogen-bond donors (Lipinski definition) is 1. The Labute approximate surface area is 133 Å². The van der Waals surface area contributed by atoms with Crippen molar-refractivity contribution in [2.75, 3.05) is 7.05 Å². The maximum atomic E-state index is 13.2. The molecule has 116 valence electrons. The van der Waals surface area contributed by atoms with Gasteiger partial charge in [-0.1, -0.05) is 12.1 Å². The summed E-state index contributed by atoms with van der Waals surface area (Å²) in [4.78, 5) is 12.5. The predicted molar refractivity (Wildman–Crippen MR) is 87.0 cm³/mol. The Morgan fingerprint density at radius 1 is 1.17 bits per heavy atom. The fourth-order valence-corrected chi connectivity index (χ4v) is 3.06. The van der Waals surface area contributed by atoms with E-state index < -0.39 is 0 Å². The Morgan fingerprint density at radius 2 is 1.91 bits per heavy atom. The molecule has 0 radical (unpaired) electrons. The molecule has 0 aliphatic heterocycles. The molecule has 0 unspecified atom stereocenters. The van der Waals surface area contributed by atoms with Gasteiger partial charge in [-0.05, 0) is 54.7 Å². The third-order valence-electron chi connectivity index (χ3n) is 4.33. The Kier molecular flexibility index (Phi) is 3.18. The molecule has 1 aliphatic rings. The Bertz CT molecular complexity index is 892. The number of carbonyl (C=O) groups excluding carboxylic acids is 1. The van der Waals surface area contributed by atoms with Crippen molar-refractivity contribution < 1.29 is 13.6 Å². The van der Waals surface area contributed by atoms with Crippen molar-refractivity contribution in [1.29, 1.82) is 0 Å². The molecule has 0 saturated heterocycles. The van der Waals surface area contributed by atoms with E-state index in [1.54, 1.807) is 19.2 Å². The molecule has 0 atom stereocenters. The van der Waals surface area contributed by atoms with Crippen molar-refractivity contribution in [3.63, 3.8) is 0 Å². The van der Waals surface area contributed by atoms with Crippen LogP contribution in [0.3, 0.4) is 0 Å². The second kappa shape index (κ2) is 5.23. The Balaban J connectivity index is 2.02. The van der Waals surface area contributed by atoms with Crippen molar-refractivity contribution in [3.05, 3.63) is 59.4 Å². The first-order chi connectivity index (χ1) is 11.2. The highest BCUT2D eigenvalue weighted by molar-refractivity contribution is 6.12. The third-order valence-corrected chi connectivity index (χ3v) is 4.33. The van der Waals surface area contributed by atoms with Gasteiger partial charge in [0.25, 0.3) is 5.91 Å². The van der Waals surface area contributed by atoms with Crippen LogP contribution in [0.5, 0.6) is 0 Å². The smallest absolute Gasteiger partial charge is 0.255 e. The van der Waals surface area contributed by atoms with Gasteiger partial charge in [0.05, 0.1) is 5.56 Å². The molecule has 1 N–H and O–H groups in total. The number of halogens is 1. The van der Waals surface area contributed by atoms with Crippen LogP contribution >= 0.6 is 0 Å². The summed E-state index contributed by atoms with van der Waals surface area (Å²) in [6, 6.07) is 11.9. The molecule has 4 rings (SSSR count). The fourth-order valence-electron chi connectivity index (χ4n) is 3.06. The summed E-state index contributed by atoms with van der Waals surface area (Å²) in [6.45, 7) is 0. The largest absolute Gasteiger partial charge is 0.455 e. The van der Waals surface area contributed by atoms with E-state index in [1.165, 1.54) is 17.7 Å². The lowest BCUT2D eigenvalue weighted by molar-refractivity contribution is 0.0964. The van der Waals surface area contributed by atoms with Gasteiger partial charge in [0, 0.05) is 18.0 Å². The summed E-state index contributed by atoms with van der Waals surface area (Å²) in [7, 11) is 1.61. The van der Waals surface area contributed by atoms with Gasteiger partial charge in [-0.25, -0.2) is 4.39 Å². The SMILES string of the molecule is CNC(=O)c1c(-c2ccc(F)cc2)oc2cccc(C3CC3)c12. The molecule has 1 aliphatic carbocycles. The standard InChI is InChI=1S/C19H16FNO2/c1-21-19(22)17-16-14(11-5-6-11)3-2-4-15(16)23-18(17)12-7-9-13(20)10-8-12/h2-4,7-11H,5-6H2,1H3,(H,21,22). The van der Waals surface area contributed by atoms with Crippen LogP contribution in [-0.4, -0.2) is 13.0 Å². The highest BCUT2D eigenvalue weighted by atomic mass is 19.1. The van der Waals surface area contributed by atoms with E-state index in [1.807, 2.05) is 12.1 Å². The highest BCUT2D eigenvalue weighted by Crippen LogP contribution is 2.46. The molecule has 23 heavy (non-hydrogen) atoms. The molecule has 4 heteroatoms. The highest BCUT2D eigenvalue weighted by Gasteiger charge is 2.30. The molecule has 1 saturated carbocycles. The van der Waals surface area contributed by atoms with E-state index in [0.717, 1.165) is 18.2 Å². The summed E-state index contributed by atoms with van der Waals surface area (Å²) in [6.07, 6.45) is 2.28. The monoisotopic (exact) mass is 309 g/mol. The Hall–Kier alpha value is -2.62. The summed E-state index contributed by atoms with van der Waals surface area (Å²) < 4.78 is 19.2. The normalized spacial score (nSPS) is 14.2. The summed E-state index contributed by atoms with van der Waals surface area (Å²) >= 11 is 0. The van der Waals surface area contributed by atoms with E-state index in [-0.39, 0.29) is 11.7 Å². The van der Waals surface area contributed by atoms with Gasteiger partial charge in [0.2, 0.25) is 0 Å². The topological polar surface area (TPSA) is 42.2 Å². The molecule has 3 nitrogen and oxygen atoms in total. The average molecular weight is 309 g/mol. The number of amides is 1. The quantitative estimate of drug-likeness (QED) is 0.775. The van der Waals surface area contributed by atoms with E-state index in [0.29, 0.717) is 28.4 Å². The van der Waals surface area contributed by atoms with E-state index in [2.05, 4.69) is 11.4 Å². The van der Waals surface area contributed by atoms with E-state index in [4.69, 9.17) is 4.42 Å². The van der Waals surface area contributed by atoms with Gasteiger partial charge in [-0.2, -0.15) is 0 Å². The van der Waals surface area contributed by atoms with Crippen molar-refractivity contribution >= 4 is 16.9 Å². The number of fused-ring (bicyclic) bond motifs is 1. The van der Waals surface area contributed by atoms with Crippen LogP contribution in [0.15, 0.2) is 46.9 Å². The number of carbonyl (C=O) groups is 1. The molecule has 0 spiro atoms. The van der Waals surface area contributed by atoms with Gasteiger partial charge in [-0.15, -0.1) is 0 Å². The number of hydrogen-bond acceptors (Lipinski definition) is 2. The van der Waals surface area contributed by atoms with Gasteiger partial charge < -0.3 is 9.73 Å². The van der Waals surface area contributed by atoms with Crippen LogP contribution in [0.25, 0.3) is 22.3 Å². The number of furan rings is 1. The predicted octanol–water partition coefficient (Wildman–Crippen LogP) is 4.48. The van der Waals surface area contributed by atoms with Crippen molar-refractivity contribution in [2.45, 2.75) is 18.8 Å². The number of rotatable bonds is 3. The van der Waals surface area contributed by atoms with Crippen LogP contribution in [0.2, 0.25) is 0 Å². The van der Waals surface area contributed by atoms with Gasteiger partial charge in [-0.3, -0.25) is 4.79 Å². The second-order valence-corrected chi connectivity index (χ2v) is 5.89. The second-order valence-electron chi connectivity index (χ2n) is 5.89. The molecule has 3 aromatic rings. The zero-order valence-electron chi connectivity index (χ0n) is 12.7. The van der Waals surface area contributed by atoms with Crippen molar-refractivity contribution in [3.8, 4) is 11.3 Å². The maximum Gasteiger partial charge on any atom is 0.255 e. The van der Waals surface area contributed by atoms with Crippen LogP contribution < -0.4 is 5.32 Å². The van der Waals surface area contributed by atoms with Crippen LogP contribution in [-0.2, 0) is 0 Å². The van der Waals surface area contributed by atoms with Gasteiger partial charge in [0.1, 0.15) is 17.2 Å². The Morgan fingerprint density at radius 3 is 2.57 bits per heavy atom. The molecule has 0 bridgehead atoms. The zero-order valence-corrected chi connectivity index (χ0v) is 12.7. The summed E-state index contributed by atoms with van der Waals surface area (Å²) in [5.74, 6) is 0.495. The first kappa shape index (κ1) is 14.0. The fraction of sp³-hybridized carbons (Fsp3) is 0.211. The molecular formula is C19H16FNO2. The van der Waals surface area contributed by atoms with Crippen molar-refractivity contribution in [2.24, 2.45) is 0 Å². The maximum absolute atomic E-state index is 13.2. The summed E-state index contributed by atoms with van der Waals surface area (Å²) in [5, 5.41) is 3.58. The third kappa shape index (κ3) is 2.31. The lowest BCUT2D eigenvalue weighted by Gasteiger charge is -2.05. The average Bonchev–Trinajstić information content (AvgIpc) is 3.34. The minimum atomic E-state index is -0.315. The number of nitrogens with one attached hydrogen (secondary N) is 1. The van der Waals surface area contributed by atoms with E-state index in [9.17, 15) is 9.18 Å². The summed E-state index contributed by atoms with van der Waals surface area (Å²) in [5.41, 5.74) is 3.10. The van der Waals surface area contributed by atoms with Gasteiger partial charge >= 0.3 is 0 Å². The molecule has 1 aromatic heterocycles. The minimum absolute atomic E-state index is 0.184. The lowest BCUT2D eigenvalue weighted by Crippen LogP contribution is -2.18. The van der Waals surface area contributed by atoms with Crippen LogP contribution in [0.4, 0.5) is 4.39 Å². The molecular weight excluding hydrogens is 293 g/mol. The number of benzene rings is 2. The minimum Gasteiger partial charge on any atom is -0.455 e. The molecule has 1 heterocycles. The first-order valence-corrected chi connectivity index (χ1v) is 7.72. The van der Waals surface area contributed by atoms with Gasteiger partial charge in [0.15, 0.2) is 0 Å². The van der Waals surface area contributed by atoms with Crippen molar-refractivity contribution in [1.82, 2.24) is 5.32 Å². The molecule has 1 fully saturated rings.